The summed E-state index contributed by atoms with van der Waals surface area (Å²) in [5.41, 5.74) is 1.17. The topological polar surface area (TPSA) is 68.7 Å². The standard InChI is InChI=1S/C19H29N7S.HI/c1-4-20-19(24-14-18-22-12-15(2)27-18)23-13-16-5-6-21-17(11-16)26-9-7-25(3)8-10-26;/h5-6,11-12H,4,7-10,13-14H2,1-3H3,(H2,20,23,24);1H. The average Bonchev–Trinajstić information content (AvgIpc) is 3.10. The predicted octanol–water partition coefficient (Wildman–Crippen LogP) is 2.47. The van der Waals surface area contributed by atoms with Gasteiger partial charge in [0.25, 0.3) is 0 Å². The molecule has 9 heteroatoms. The summed E-state index contributed by atoms with van der Waals surface area (Å²) in [6.07, 6.45) is 3.79. The summed E-state index contributed by atoms with van der Waals surface area (Å²) in [4.78, 5) is 19.6. The molecule has 7 nitrogen and oxygen atoms in total. The Hall–Kier alpha value is -1.46. The van der Waals surface area contributed by atoms with Crippen molar-refractivity contribution in [3.63, 3.8) is 0 Å². The van der Waals surface area contributed by atoms with Crippen LogP contribution < -0.4 is 15.5 Å². The van der Waals surface area contributed by atoms with Crippen LogP contribution in [0.3, 0.4) is 0 Å². The van der Waals surface area contributed by atoms with Crippen molar-refractivity contribution in [2.75, 3.05) is 44.7 Å². The third kappa shape index (κ3) is 6.85. The summed E-state index contributed by atoms with van der Waals surface area (Å²) in [6.45, 7) is 10.5. The molecule has 3 heterocycles. The summed E-state index contributed by atoms with van der Waals surface area (Å²) < 4.78 is 0. The van der Waals surface area contributed by atoms with Gasteiger partial charge in [0.2, 0.25) is 0 Å². The van der Waals surface area contributed by atoms with Crippen molar-refractivity contribution in [1.82, 2.24) is 25.5 Å². The molecule has 28 heavy (non-hydrogen) atoms. The highest BCUT2D eigenvalue weighted by molar-refractivity contribution is 14.0. The van der Waals surface area contributed by atoms with Crippen LogP contribution >= 0.6 is 35.3 Å². The molecule has 0 unspecified atom stereocenters. The first-order chi connectivity index (χ1) is 13.1. The lowest BCUT2D eigenvalue weighted by molar-refractivity contribution is 0.312. The number of guanidine groups is 1. The fraction of sp³-hybridized carbons (Fsp3) is 0.526. The fourth-order valence-electron chi connectivity index (χ4n) is 2.92. The van der Waals surface area contributed by atoms with Crippen molar-refractivity contribution < 1.29 is 0 Å². The van der Waals surface area contributed by atoms with E-state index in [2.05, 4.69) is 57.4 Å². The van der Waals surface area contributed by atoms with Crippen LogP contribution in [0.15, 0.2) is 29.5 Å². The number of thiazole rings is 1. The van der Waals surface area contributed by atoms with Crippen molar-refractivity contribution in [3.8, 4) is 0 Å². The molecule has 1 aliphatic rings. The molecular formula is C19H30IN7S. The summed E-state index contributed by atoms with van der Waals surface area (Å²) in [5.74, 6) is 1.86. The Bertz CT molecular complexity index is 756. The molecule has 2 aromatic heterocycles. The Morgan fingerprint density at radius 2 is 2.00 bits per heavy atom. The van der Waals surface area contributed by atoms with Crippen LogP contribution in [0, 0.1) is 6.92 Å². The minimum Gasteiger partial charge on any atom is -0.357 e. The van der Waals surface area contributed by atoms with E-state index in [0.29, 0.717) is 13.1 Å². The van der Waals surface area contributed by atoms with Gasteiger partial charge in [-0.1, -0.05) is 0 Å². The predicted molar refractivity (Wildman–Crippen MR) is 128 cm³/mol. The highest BCUT2D eigenvalue weighted by atomic mass is 127. The smallest absolute Gasteiger partial charge is 0.191 e. The number of hydrogen-bond donors (Lipinski definition) is 2. The third-order valence-corrected chi connectivity index (χ3v) is 5.39. The summed E-state index contributed by atoms with van der Waals surface area (Å²) in [6, 6.07) is 4.19. The summed E-state index contributed by atoms with van der Waals surface area (Å²) >= 11 is 1.71. The molecule has 1 fully saturated rings. The zero-order valence-electron chi connectivity index (χ0n) is 16.8. The Balaban J connectivity index is 0.00000280. The first kappa shape index (κ1) is 22.8. The van der Waals surface area contributed by atoms with Crippen LogP contribution in [0.1, 0.15) is 22.4 Å². The largest absolute Gasteiger partial charge is 0.357 e. The van der Waals surface area contributed by atoms with E-state index in [-0.39, 0.29) is 24.0 Å². The van der Waals surface area contributed by atoms with Gasteiger partial charge in [0, 0.05) is 50.0 Å². The first-order valence-electron chi connectivity index (χ1n) is 9.46. The van der Waals surface area contributed by atoms with Gasteiger partial charge < -0.3 is 20.4 Å². The molecule has 154 valence electrons. The van der Waals surface area contributed by atoms with Crippen LogP contribution in [0.4, 0.5) is 5.82 Å². The Labute approximate surface area is 188 Å². The number of halogens is 1. The molecule has 0 saturated carbocycles. The van der Waals surface area contributed by atoms with Gasteiger partial charge in [0.1, 0.15) is 10.8 Å². The van der Waals surface area contributed by atoms with E-state index in [1.165, 1.54) is 10.4 Å². The number of aryl methyl sites for hydroxylation is 1. The number of nitrogens with one attached hydrogen (secondary N) is 2. The average molecular weight is 515 g/mol. The van der Waals surface area contributed by atoms with Crippen LogP contribution in [0.2, 0.25) is 0 Å². The summed E-state index contributed by atoms with van der Waals surface area (Å²) in [5, 5.41) is 7.72. The zero-order chi connectivity index (χ0) is 19.1. The van der Waals surface area contributed by atoms with Gasteiger partial charge in [-0.05, 0) is 38.6 Å². The Morgan fingerprint density at radius 1 is 1.21 bits per heavy atom. The minimum atomic E-state index is 0. The fourth-order valence-corrected chi connectivity index (χ4v) is 3.65. The maximum atomic E-state index is 4.72. The molecule has 0 atom stereocenters. The number of nitrogens with zero attached hydrogens (tertiary/aromatic N) is 5. The SMILES string of the molecule is CCNC(=NCc1ccnc(N2CCN(C)CC2)c1)NCc1ncc(C)s1.I. The lowest BCUT2D eigenvalue weighted by Gasteiger charge is -2.33. The number of likely N-dealkylation sites (N-methyl/N-ethyl adjacent to an activating group) is 1. The van der Waals surface area contributed by atoms with Crippen molar-refractivity contribution in [2.24, 2.45) is 4.99 Å². The first-order valence-corrected chi connectivity index (χ1v) is 10.3. The van der Waals surface area contributed by atoms with Crippen molar-refractivity contribution >= 4 is 47.1 Å². The van der Waals surface area contributed by atoms with Crippen LogP contribution in [0.25, 0.3) is 0 Å². The molecule has 0 aromatic carbocycles. The van der Waals surface area contributed by atoms with Gasteiger partial charge >= 0.3 is 0 Å². The molecule has 2 N–H and O–H groups in total. The van der Waals surface area contributed by atoms with E-state index < -0.39 is 0 Å². The van der Waals surface area contributed by atoms with E-state index in [0.717, 1.165) is 49.5 Å². The molecule has 0 aliphatic carbocycles. The summed E-state index contributed by atoms with van der Waals surface area (Å²) in [7, 11) is 2.16. The van der Waals surface area contributed by atoms with Crippen molar-refractivity contribution in [3.05, 3.63) is 40.0 Å². The quantitative estimate of drug-likeness (QED) is 0.350. The normalized spacial score (nSPS) is 15.2. The lowest BCUT2D eigenvalue weighted by atomic mass is 10.2. The number of pyridine rings is 1. The van der Waals surface area contributed by atoms with Gasteiger partial charge in [-0.3, -0.25) is 0 Å². The van der Waals surface area contributed by atoms with E-state index >= 15 is 0 Å². The Kier molecular flexibility index (Phi) is 9.39. The molecular weight excluding hydrogens is 485 g/mol. The maximum Gasteiger partial charge on any atom is 0.191 e. The highest BCUT2D eigenvalue weighted by Crippen LogP contribution is 2.15. The van der Waals surface area contributed by atoms with Crippen LogP contribution in [-0.2, 0) is 13.1 Å². The number of hydrogen-bond acceptors (Lipinski definition) is 6. The molecule has 1 aliphatic heterocycles. The second-order valence-electron chi connectivity index (χ2n) is 6.73. The number of rotatable bonds is 6. The number of anilines is 1. The minimum absolute atomic E-state index is 0. The van der Waals surface area contributed by atoms with Crippen molar-refractivity contribution in [1.29, 1.82) is 0 Å². The maximum absolute atomic E-state index is 4.72. The van der Waals surface area contributed by atoms with Crippen LogP contribution in [0.5, 0.6) is 0 Å². The van der Waals surface area contributed by atoms with E-state index in [4.69, 9.17) is 4.99 Å². The van der Waals surface area contributed by atoms with Gasteiger partial charge in [-0.2, -0.15) is 0 Å². The van der Waals surface area contributed by atoms with Gasteiger partial charge in [0.05, 0.1) is 13.1 Å². The molecule has 0 spiro atoms. The Morgan fingerprint density at radius 3 is 2.68 bits per heavy atom. The van der Waals surface area contributed by atoms with E-state index in [9.17, 15) is 0 Å². The third-order valence-electron chi connectivity index (χ3n) is 4.48. The molecule has 3 rings (SSSR count). The second-order valence-corrected chi connectivity index (χ2v) is 8.05. The highest BCUT2D eigenvalue weighted by Gasteiger charge is 2.15. The molecule has 2 aromatic rings. The second kappa shape index (κ2) is 11.5. The van der Waals surface area contributed by atoms with Gasteiger partial charge in [-0.15, -0.1) is 35.3 Å². The number of aliphatic imine (C=N–C) groups is 1. The van der Waals surface area contributed by atoms with Gasteiger partial charge in [0.15, 0.2) is 5.96 Å². The molecule has 0 bridgehead atoms. The molecule has 0 radical (unpaired) electrons. The van der Waals surface area contributed by atoms with E-state index in [1.54, 1.807) is 11.3 Å². The number of piperazine rings is 1. The van der Waals surface area contributed by atoms with Crippen molar-refractivity contribution in [2.45, 2.75) is 26.9 Å². The van der Waals surface area contributed by atoms with Crippen LogP contribution in [-0.4, -0.2) is 60.6 Å². The molecule has 0 amide bonds. The number of aromatic nitrogens is 2. The van der Waals surface area contributed by atoms with Gasteiger partial charge in [-0.25, -0.2) is 15.0 Å². The zero-order valence-corrected chi connectivity index (χ0v) is 20.0. The molecule has 1 saturated heterocycles. The monoisotopic (exact) mass is 515 g/mol. The van der Waals surface area contributed by atoms with E-state index in [1.807, 2.05) is 18.5 Å². The lowest BCUT2D eigenvalue weighted by Crippen LogP contribution is -2.44.